The fourth-order valence-corrected chi connectivity index (χ4v) is 2.54. The summed E-state index contributed by atoms with van der Waals surface area (Å²) in [4.78, 5) is 14.2. The number of carbonyl (C=O) groups excluding carboxylic acids is 1. The Balaban J connectivity index is 2.10. The summed E-state index contributed by atoms with van der Waals surface area (Å²) < 4.78 is 0. The molecule has 2 rings (SSSR count). The highest BCUT2D eigenvalue weighted by Gasteiger charge is 2.30. The summed E-state index contributed by atoms with van der Waals surface area (Å²) in [5, 5.41) is 0. The van der Waals surface area contributed by atoms with Gasteiger partial charge in [-0.15, -0.1) is 0 Å². The molecule has 3 heteroatoms. The molecule has 0 aliphatic carbocycles. The van der Waals surface area contributed by atoms with Gasteiger partial charge in [0.05, 0.1) is 0 Å². The number of hydrogen-bond acceptors (Lipinski definition) is 2. The van der Waals surface area contributed by atoms with Crippen molar-refractivity contribution in [3.63, 3.8) is 0 Å². The van der Waals surface area contributed by atoms with Crippen LogP contribution in [0.3, 0.4) is 0 Å². The summed E-state index contributed by atoms with van der Waals surface area (Å²) in [5.74, 6) is 0.240. The Hall–Kier alpha value is -1.35. The zero-order chi connectivity index (χ0) is 13.0. The lowest BCUT2D eigenvalue weighted by atomic mass is 9.79. The second kappa shape index (κ2) is 5.53. The van der Waals surface area contributed by atoms with Crippen molar-refractivity contribution in [2.75, 3.05) is 19.6 Å². The first kappa shape index (κ1) is 13.1. The number of rotatable bonds is 4. The Morgan fingerprint density at radius 1 is 1.28 bits per heavy atom. The monoisotopic (exact) mass is 246 g/mol. The van der Waals surface area contributed by atoms with Crippen LogP contribution in [0.4, 0.5) is 0 Å². The number of benzene rings is 1. The molecule has 2 N–H and O–H groups in total. The summed E-state index contributed by atoms with van der Waals surface area (Å²) >= 11 is 0. The van der Waals surface area contributed by atoms with Crippen molar-refractivity contribution < 1.29 is 4.79 Å². The first-order chi connectivity index (χ1) is 8.65. The summed E-state index contributed by atoms with van der Waals surface area (Å²) in [5.41, 5.74) is 6.82. The minimum Gasteiger partial charge on any atom is -0.343 e. The van der Waals surface area contributed by atoms with Crippen LogP contribution in [0.2, 0.25) is 0 Å². The van der Waals surface area contributed by atoms with Crippen LogP contribution in [-0.2, 0) is 10.2 Å². The van der Waals surface area contributed by atoms with E-state index in [-0.39, 0.29) is 11.3 Å². The van der Waals surface area contributed by atoms with Crippen LogP contribution in [-0.4, -0.2) is 30.4 Å². The van der Waals surface area contributed by atoms with Gasteiger partial charge in [0.2, 0.25) is 5.91 Å². The predicted octanol–water partition coefficient (Wildman–Crippen LogP) is 1.92. The van der Waals surface area contributed by atoms with E-state index in [2.05, 4.69) is 19.1 Å². The van der Waals surface area contributed by atoms with E-state index >= 15 is 0 Å². The Kier molecular flexibility index (Phi) is 4.02. The molecule has 1 heterocycles. The number of hydrogen-bond donors (Lipinski definition) is 1. The van der Waals surface area contributed by atoms with Gasteiger partial charge >= 0.3 is 0 Å². The highest BCUT2D eigenvalue weighted by atomic mass is 16.2. The average molecular weight is 246 g/mol. The van der Waals surface area contributed by atoms with Gasteiger partial charge in [-0.05, 0) is 18.4 Å². The molecular weight excluding hydrogens is 224 g/mol. The fourth-order valence-electron chi connectivity index (χ4n) is 2.54. The lowest BCUT2D eigenvalue weighted by Crippen LogP contribution is -2.39. The Morgan fingerprint density at radius 2 is 1.89 bits per heavy atom. The number of amides is 1. The second-order valence-electron chi connectivity index (χ2n) is 5.40. The summed E-state index contributed by atoms with van der Waals surface area (Å²) in [6.07, 6.45) is 2.78. The molecule has 0 bridgehead atoms. The van der Waals surface area contributed by atoms with Gasteiger partial charge in [-0.1, -0.05) is 37.3 Å². The lowest BCUT2D eigenvalue weighted by molar-refractivity contribution is -0.131. The molecule has 3 nitrogen and oxygen atoms in total. The van der Waals surface area contributed by atoms with Gasteiger partial charge in [-0.3, -0.25) is 4.79 Å². The van der Waals surface area contributed by atoms with Crippen LogP contribution in [0.15, 0.2) is 30.3 Å². The van der Waals surface area contributed by atoms with E-state index in [1.807, 2.05) is 23.1 Å². The quantitative estimate of drug-likeness (QED) is 0.882. The molecule has 0 radical (unpaired) electrons. The van der Waals surface area contributed by atoms with Crippen LogP contribution in [0.1, 0.15) is 31.7 Å². The van der Waals surface area contributed by atoms with E-state index in [1.165, 1.54) is 0 Å². The van der Waals surface area contributed by atoms with Gasteiger partial charge in [0.25, 0.3) is 0 Å². The summed E-state index contributed by atoms with van der Waals surface area (Å²) in [6, 6.07) is 10.1. The van der Waals surface area contributed by atoms with E-state index in [4.69, 9.17) is 5.73 Å². The van der Waals surface area contributed by atoms with Gasteiger partial charge in [0.15, 0.2) is 0 Å². The van der Waals surface area contributed by atoms with Crippen molar-refractivity contribution >= 4 is 5.91 Å². The minimum atomic E-state index is -0.249. The maximum atomic E-state index is 12.3. The largest absolute Gasteiger partial charge is 0.343 e. The van der Waals surface area contributed by atoms with E-state index < -0.39 is 0 Å². The molecule has 18 heavy (non-hydrogen) atoms. The second-order valence-corrected chi connectivity index (χ2v) is 5.40. The molecule has 0 saturated carbocycles. The zero-order valence-corrected chi connectivity index (χ0v) is 11.1. The molecule has 0 aromatic heterocycles. The van der Waals surface area contributed by atoms with Gasteiger partial charge in [0, 0.05) is 31.5 Å². The molecule has 1 saturated heterocycles. The van der Waals surface area contributed by atoms with Gasteiger partial charge in [0.1, 0.15) is 0 Å². The van der Waals surface area contributed by atoms with Crippen molar-refractivity contribution in [1.29, 1.82) is 0 Å². The number of likely N-dealkylation sites (tertiary alicyclic amines) is 1. The lowest BCUT2D eigenvalue weighted by Gasteiger charge is -2.30. The van der Waals surface area contributed by atoms with Crippen LogP contribution in [0.25, 0.3) is 0 Å². The minimum absolute atomic E-state index is 0.240. The molecule has 0 spiro atoms. The van der Waals surface area contributed by atoms with Crippen molar-refractivity contribution in [3.05, 3.63) is 35.9 Å². The average Bonchev–Trinajstić information content (AvgIpc) is 2.93. The molecule has 98 valence electrons. The van der Waals surface area contributed by atoms with Crippen LogP contribution in [0, 0.1) is 0 Å². The van der Waals surface area contributed by atoms with E-state index in [0.717, 1.165) is 31.5 Å². The summed E-state index contributed by atoms with van der Waals surface area (Å²) in [6.45, 7) is 4.40. The van der Waals surface area contributed by atoms with Crippen molar-refractivity contribution in [2.24, 2.45) is 5.73 Å². The van der Waals surface area contributed by atoms with Crippen molar-refractivity contribution in [1.82, 2.24) is 4.90 Å². The third-order valence-corrected chi connectivity index (χ3v) is 3.92. The van der Waals surface area contributed by atoms with E-state index in [0.29, 0.717) is 13.0 Å². The molecule has 1 aromatic rings. The first-order valence-electron chi connectivity index (χ1n) is 6.69. The normalized spacial score (nSPS) is 18.7. The zero-order valence-electron chi connectivity index (χ0n) is 11.1. The topological polar surface area (TPSA) is 46.3 Å². The SMILES string of the molecule is CC(CN)(CC(=O)N1CCCC1)c1ccccc1. The highest BCUT2D eigenvalue weighted by molar-refractivity contribution is 5.78. The highest BCUT2D eigenvalue weighted by Crippen LogP contribution is 2.27. The Bertz CT molecular complexity index is 398. The van der Waals surface area contributed by atoms with Gasteiger partial charge in [-0.25, -0.2) is 0 Å². The third-order valence-electron chi connectivity index (χ3n) is 3.92. The van der Waals surface area contributed by atoms with Gasteiger partial charge < -0.3 is 10.6 Å². The molecule has 1 fully saturated rings. The van der Waals surface area contributed by atoms with Crippen LogP contribution < -0.4 is 5.73 Å². The number of carbonyl (C=O) groups is 1. The standard InChI is InChI=1S/C15H22N2O/c1-15(12-16,13-7-3-2-4-8-13)11-14(18)17-9-5-6-10-17/h2-4,7-8H,5-6,9-12,16H2,1H3. The fraction of sp³-hybridized carbons (Fsp3) is 0.533. The third kappa shape index (κ3) is 2.72. The Labute approximate surface area is 109 Å². The molecule has 1 unspecified atom stereocenters. The maximum Gasteiger partial charge on any atom is 0.223 e. The van der Waals surface area contributed by atoms with E-state index in [9.17, 15) is 4.79 Å². The molecule has 1 amide bonds. The van der Waals surface area contributed by atoms with Crippen LogP contribution >= 0.6 is 0 Å². The van der Waals surface area contributed by atoms with Crippen LogP contribution in [0.5, 0.6) is 0 Å². The maximum absolute atomic E-state index is 12.3. The number of nitrogens with two attached hydrogens (primary N) is 1. The Morgan fingerprint density at radius 3 is 2.44 bits per heavy atom. The molecule has 1 aromatic carbocycles. The van der Waals surface area contributed by atoms with Gasteiger partial charge in [-0.2, -0.15) is 0 Å². The van der Waals surface area contributed by atoms with Crippen molar-refractivity contribution in [3.8, 4) is 0 Å². The molecule has 1 atom stereocenters. The molecular formula is C15H22N2O. The summed E-state index contributed by atoms with van der Waals surface area (Å²) in [7, 11) is 0. The smallest absolute Gasteiger partial charge is 0.223 e. The predicted molar refractivity (Wildman–Crippen MR) is 73.3 cm³/mol. The first-order valence-corrected chi connectivity index (χ1v) is 6.69. The molecule has 1 aliphatic heterocycles. The van der Waals surface area contributed by atoms with E-state index in [1.54, 1.807) is 0 Å². The molecule has 1 aliphatic rings. The number of nitrogens with zero attached hydrogens (tertiary/aromatic N) is 1. The van der Waals surface area contributed by atoms with Crippen molar-refractivity contribution in [2.45, 2.75) is 31.6 Å².